The zero-order valence-corrected chi connectivity index (χ0v) is 10.5. The maximum Gasteiger partial charge on any atom is 0.131 e. The lowest BCUT2D eigenvalue weighted by atomic mass is 10.1. The van der Waals surface area contributed by atoms with Gasteiger partial charge in [-0.05, 0) is 24.6 Å². The molecule has 0 aliphatic rings. The summed E-state index contributed by atoms with van der Waals surface area (Å²) in [5.41, 5.74) is 10.1. The average Bonchev–Trinajstić information content (AvgIpc) is 2.63. The Labute approximate surface area is 103 Å². The fourth-order valence-corrected chi connectivity index (χ4v) is 2.45. The number of hydrogen-bond acceptors (Lipinski definition) is 4. The van der Waals surface area contributed by atoms with Crippen LogP contribution in [0.3, 0.4) is 0 Å². The Balaban J connectivity index is 2.68. The molecule has 2 aromatic rings. The van der Waals surface area contributed by atoms with Crippen LogP contribution < -0.4 is 10.5 Å². The molecule has 0 radical (unpaired) electrons. The Hall–Kier alpha value is -1.26. The monoisotopic (exact) mass is 254 g/mol. The number of aryl methyl sites for hydroxylation is 1. The van der Waals surface area contributed by atoms with Gasteiger partial charge in [-0.2, -0.15) is 0 Å². The van der Waals surface area contributed by atoms with E-state index in [-0.39, 0.29) is 0 Å². The van der Waals surface area contributed by atoms with Crippen molar-refractivity contribution in [2.75, 3.05) is 12.8 Å². The molecular weight excluding hydrogens is 244 g/mol. The highest BCUT2D eigenvalue weighted by atomic mass is 35.5. The summed E-state index contributed by atoms with van der Waals surface area (Å²) >= 11 is 7.43. The van der Waals surface area contributed by atoms with Gasteiger partial charge in [0.1, 0.15) is 16.4 Å². The highest BCUT2D eigenvalue weighted by molar-refractivity contribution is 7.14. The number of nitrogen functional groups attached to an aromatic ring is 1. The Morgan fingerprint density at radius 3 is 2.75 bits per heavy atom. The predicted octanol–water partition coefficient (Wildman–Crippen LogP) is 3.36. The van der Waals surface area contributed by atoms with Crippen molar-refractivity contribution in [3.05, 3.63) is 28.2 Å². The number of rotatable bonds is 2. The molecule has 16 heavy (non-hydrogen) atoms. The number of anilines is 1. The highest BCUT2D eigenvalue weighted by Gasteiger charge is 2.14. The lowest BCUT2D eigenvalue weighted by Gasteiger charge is -2.11. The lowest BCUT2D eigenvalue weighted by molar-refractivity contribution is 0.413. The van der Waals surface area contributed by atoms with Crippen molar-refractivity contribution in [2.24, 2.45) is 0 Å². The minimum absolute atomic E-state index is 0.653. The van der Waals surface area contributed by atoms with Gasteiger partial charge in [0.05, 0.1) is 12.6 Å². The Kier molecular flexibility index (Phi) is 3.03. The molecule has 0 amide bonds. The van der Waals surface area contributed by atoms with E-state index in [1.165, 1.54) is 11.3 Å². The number of nitrogens with two attached hydrogens (primary N) is 1. The molecule has 5 heteroatoms. The number of thiazole rings is 1. The van der Waals surface area contributed by atoms with Crippen molar-refractivity contribution >= 4 is 27.9 Å². The van der Waals surface area contributed by atoms with Gasteiger partial charge in [-0.25, -0.2) is 4.98 Å². The van der Waals surface area contributed by atoms with Crippen LogP contribution in [0.1, 0.15) is 5.56 Å². The van der Waals surface area contributed by atoms with Crippen molar-refractivity contribution in [1.29, 1.82) is 0 Å². The summed E-state index contributed by atoms with van der Waals surface area (Å²) in [5, 5.41) is 1.32. The van der Waals surface area contributed by atoms with Gasteiger partial charge in [-0.1, -0.05) is 11.6 Å². The van der Waals surface area contributed by atoms with Gasteiger partial charge in [0.15, 0.2) is 0 Å². The minimum atomic E-state index is 0.653. The number of aromatic nitrogens is 1. The third-order valence-electron chi connectivity index (χ3n) is 2.29. The Morgan fingerprint density at radius 1 is 1.44 bits per heavy atom. The van der Waals surface area contributed by atoms with Crippen molar-refractivity contribution in [1.82, 2.24) is 4.98 Å². The van der Waals surface area contributed by atoms with Crippen LogP contribution in [0.2, 0.25) is 5.02 Å². The smallest absolute Gasteiger partial charge is 0.131 e. The fourth-order valence-electron chi connectivity index (χ4n) is 1.63. The molecular formula is C11H11ClN2OS. The molecule has 2 rings (SSSR count). The standard InChI is InChI=1S/C11H11ClN2OS/c1-6-3-7(12)4-8(10(6)15-2)9-11(13)16-5-14-9/h3-5H,13H2,1-2H3. The van der Waals surface area contributed by atoms with Gasteiger partial charge < -0.3 is 10.5 Å². The SMILES string of the molecule is COc1c(C)cc(Cl)cc1-c1ncsc1N. The van der Waals surface area contributed by atoms with E-state index < -0.39 is 0 Å². The molecule has 0 atom stereocenters. The van der Waals surface area contributed by atoms with Crippen molar-refractivity contribution < 1.29 is 4.74 Å². The molecule has 1 aromatic heterocycles. The van der Waals surface area contributed by atoms with Gasteiger partial charge in [0.25, 0.3) is 0 Å². The maximum atomic E-state index is 6.03. The second-order valence-corrected chi connectivity index (χ2v) is 4.69. The van der Waals surface area contributed by atoms with Gasteiger partial charge in [-0.15, -0.1) is 11.3 Å². The first-order chi connectivity index (χ1) is 7.63. The predicted molar refractivity (Wildman–Crippen MR) is 68.3 cm³/mol. The third-order valence-corrected chi connectivity index (χ3v) is 3.17. The summed E-state index contributed by atoms with van der Waals surface area (Å²) < 4.78 is 5.36. The quantitative estimate of drug-likeness (QED) is 0.894. The molecule has 84 valence electrons. The summed E-state index contributed by atoms with van der Waals surface area (Å²) in [6.07, 6.45) is 0. The van der Waals surface area contributed by atoms with E-state index in [2.05, 4.69) is 4.98 Å². The third kappa shape index (κ3) is 1.86. The molecule has 0 bridgehead atoms. The van der Waals surface area contributed by atoms with Gasteiger partial charge >= 0.3 is 0 Å². The molecule has 1 heterocycles. The largest absolute Gasteiger partial charge is 0.496 e. The van der Waals surface area contributed by atoms with E-state index in [1.54, 1.807) is 12.6 Å². The van der Waals surface area contributed by atoms with Crippen LogP contribution >= 0.6 is 22.9 Å². The number of nitrogens with zero attached hydrogens (tertiary/aromatic N) is 1. The summed E-state index contributed by atoms with van der Waals surface area (Å²) in [6, 6.07) is 3.67. The summed E-state index contributed by atoms with van der Waals surface area (Å²) in [7, 11) is 1.63. The van der Waals surface area contributed by atoms with E-state index in [0.29, 0.717) is 10.0 Å². The second kappa shape index (κ2) is 4.31. The van der Waals surface area contributed by atoms with E-state index in [4.69, 9.17) is 22.1 Å². The molecule has 0 unspecified atom stereocenters. The van der Waals surface area contributed by atoms with Crippen LogP contribution in [0, 0.1) is 6.92 Å². The summed E-state index contributed by atoms with van der Waals surface area (Å²) in [6.45, 7) is 1.94. The zero-order chi connectivity index (χ0) is 11.7. The van der Waals surface area contributed by atoms with Gasteiger partial charge in [0, 0.05) is 10.6 Å². The van der Waals surface area contributed by atoms with Crippen LogP contribution in [0.25, 0.3) is 11.3 Å². The number of hydrogen-bond donors (Lipinski definition) is 1. The van der Waals surface area contributed by atoms with Crippen LogP contribution in [0.5, 0.6) is 5.75 Å². The zero-order valence-electron chi connectivity index (χ0n) is 8.95. The molecule has 2 N–H and O–H groups in total. The Morgan fingerprint density at radius 2 is 2.19 bits per heavy atom. The topological polar surface area (TPSA) is 48.1 Å². The second-order valence-electron chi connectivity index (χ2n) is 3.37. The highest BCUT2D eigenvalue weighted by Crippen LogP contribution is 2.38. The maximum absolute atomic E-state index is 6.03. The van der Waals surface area contributed by atoms with E-state index in [9.17, 15) is 0 Å². The van der Waals surface area contributed by atoms with E-state index >= 15 is 0 Å². The molecule has 1 aromatic carbocycles. The molecule has 0 saturated carbocycles. The summed E-state index contributed by atoms with van der Waals surface area (Å²) in [5.74, 6) is 0.766. The van der Waals surface area contributed by atoms with E-state index in [1.807, 2.05) is 19.1 Å². The number of ether oxygens (including phenoxy) is 1. The first-order valence-corrected chi connectivity index (χ1v) is 5.92. The van der Waals surface area contributed by atoms with Crippen molar-refractivity contribution in [3.8, 4) is 17.0 Å². The molecule has 0 saturated heterocycles. The van der Waals surface area contributed by atoms with E-state index in [0.717, 1.165) is 22.6 Å². The molecule has 0 fully saturated rings. The van der Waals surface area contributed by atoms with Gasteiger partial charge in [-0.3, -0.25) is 0 Å². The minimum Gasteiger partial charge on any atom is -0.496 e. The number of methoxy groups -OCH3 is 1. The Bertz CT molecular complexity index is 525. The first-order valence-electron chi connectivity index (χ1n) is 4.67. The lowest BCUT2D eigenvalue weighted by Crippen LogP contribution is -1.94. The van der Waals surface area contributed by atoms with Crippen molar-refractivity contribution in [3.63, 3.8) is 0 Å². The van der Waals surface area contributed by atoms with Crippen LogP contribution in [0.4, 0.5) is 5.00 Å². The normalized spacial score (nSPS) is 10.4. The van der Waals surface area contributed by atoms with Crippen LogP contribution in [0.15, 0.2) is 17.6 Å². The molecule has 0 spiro atoms. The molecule has 3 nitrogen and oxygen atoms in total. The van der Waals surface area contributed by atoms with Crippen LogP contribution in [-0.2, 0) is 0 Å². The average molecular weight is 255 g/mol. The van der Waals surface area contributed by atoms with Gasteiger partial charge in [0.2, 0.25) is 0 Å². The van der Waals surface area contributed by atoms with Crippen LogP contribution in [-0.4, -0.2) is 12.1 Å². The fraction of sp³-hybridized carbons (Fsp3) is 0.182. The number of halogens is 1. The van der Waals surface area contributed by atoms with Crippen molar-refractivity contribution in [2.45, 2.75) is 6.92 Å². The summed E-state index contributed by atoms with van der Waals surface area (Å²) in [4.78, 5) is 4.23. The first kappa shape index (κ1) is 11.2. The number of benzene rings is 1. The molecule has 0 aliphatic carbocycles. The molecule has 0 aliphatic heterocycles.